The van der Waals surface area contributed by atoms with E-state index in [4.69, 9.17) is 18.0 Å². The molecule has 0 unspecified atom stereocenters. The van der Waals surface area contributed by atoms with Crippen LogP contribution in [-0.2, 0) is 0 Å². The normalized spacial score (nSPS) is 10.2. The summed E-state index contributed by atoms with van der Waals surface area (Å²) in [5, 5.41) is 8.89. The van der Waals surface area contributed by atoms with Crippen LogP contribution in [0.4, 0.5) is 10.2 Å². The molecular weight excluding hydrogens is 335 g/mol. The zero-order chi connectivity index (χ0) is 14.0. The summed E-state index contributed by atoms with van der Waals surface area (Å²) in [6.45, 7) is 0. The molecule has 0 saturated heterocycles. The number of H-pyrrole nitrogens is 1. The van der Waals surface area contributed by atoms with Crippen molar-refractivity contribution < 1.29 is 9.18 Å². The van der Waals surface area contributed by atoms with Crippen molar-refractivity contribution in [1.29, 1.82) is 0 Å². The van der Waals surface area contributed by atoms with Crippen LogP contribution in [0.15, 0.2) is 28.9 Å². The summed E-state index contributed by atoms with van der Waals surface area (Å²) in [5.41, 5.74) is 6.20. The molecule has 5 nitrogen and oxygen atoms in total. The standard InChI is InChI=1S/C11H8BrFN4OS/c12-7-3-5(1-2-8(7)13)11(18)16-10-6(9(14)19)4-15-17-10/h1-4H,(H2,14,19)(H2,15,16,17,18). The molecule has 1 heterocycles. The molecule has 0 atom stereocenters. The van der Waals surface area contributed by atoms with Crippen molar-refractivity contribution in [3.8, 4) is 0 Å². The summed E-state index contributed by atoms with van der Waals surface area (Å²) >= 11 is 7.83. The number of hydrogen-bond acceptors (Lipinski definition) is 3. The maximum Gasteiger partial charge on any atom is 0.256 e. The maximum atomic E-state index is 13.1. The summed E-state index contributed by atoms with van der Waals surface area (Å²) in [7, 11) is 0. The van der Waals surface area contributed by atoms with E-state index in [2.05, 4.69) is 31.4 Å². The van der Waals surface area contributed by atoms with Crippen LogP contribution in [0.25, 0.3) is 0 Å². The lowest BCUT2D eigenvalue weighted by atomic mass is 10.2. The second-order valence-corrected chi connectivity index (χ2v) is 4.90. The molecule has 2 rings (SSSR count). The Morgan fingerprint density at radius 3 is 2.89 bits per heavy atom. The predicted molar refractivity (Wildman–Crippen MR) is 76.5 cm³/mol. The number of carbonyl (C=O) groups excluding carboxylic acids is 1. The Bertz CT molecular complexity index is 658. The number of halogens is 2. The summed E-state index contributed by atoms with van der Waals surface area (Å²) in [6.07, 6.45) is 1.42. The summed E-state index contributed by atoms with van der Waals surface area (Å²) in [4.78, 5) is 12.1. The molecule has 1 aromatic carbocycles. The third kappa shape index (κ3) is 2.96. The highest BCUT2D eigenvalue weighted by Gasteiger charge is 2.13. The summed E-state index contributed by atoms with van der Waals surface area (Å²) < 4.78 is 13.3. The van der Waals surface area contributed by atoms with Gasteiger partial charge in [-0.05, 0) is 34.1 Å². The van der Waals surface area contributed by atoms with E-state index >= 15 is 0 Å². The van der Waals surface area contributed by atoms with Crippen LogP contribution in [0.5, 0.6) is 0 Å². The highest BCUT2D eigenvalue weighted by molar-refractivity contribution is 9.10. The van der Waals surface area contributed by atoms with Crippen molar-refractivity contribution in [1.82, 2.24) is 10.2 Å². The lowest BCUT2D eigenvalue weighted by Crippen LogP contribution is -2.17. The largest absolute Gasteiger partial charge is 0.389 e. The second kappa shape index (κ2) is 5.45. The van der Waals surface area contributed by atoms with Crippen LogP contribution in [0, 0.1) is 5.82 Å². The molecule has 98 valence electrons. The van der Waals surface area contributed by atoms with Gasteiger partial charge in [-0.25, -0.2) is 4.39 Å². The first-order valence-corrected chi connectivity index (χ1v) is 6.28. The zero-order valence-electron chi connectivity index (χ0n) is 9.41. The van der Waals surface area contributed by atoms with Gasteiger partial charge >= 0.3 is 0 Å². The lowest BCUT2D eigenvalue weighted by molar-refractivity contribution is 0.102. The Morgan fingerprint density at radius 1 is 1.53 bits per heavy atom. The van der Waals surface area contributed by atoms with E-state index < -0.39 is 11.7 Å². The van der Waals surface area contributed by atoms with Crippen LogP contribution in [0.3, 0.4) is 0 Å². The van der Waals surface area contributed by atoms with Gasteiger partial charge in [-0.3, -0.25) is 9.89 Å². The van der Waals surface area contributed by atoms with E-state index in [1.165, 1.54) is 24.4 Å². The van der Waals surface area contributed by atoms with Crippen molar-refractivity contribution in [3.05, 3.63) is 45.8 Å². The minimum atomic E-state index is -0.443. The van der Waals surface area contributed by atoms with Crippen LogP contribution >= 0.6 is 28.1 Å². The van der Waals surface area contributed by atoms with E-state index in [1.807, 2.05) is 0 Å². The molecule has 0 radical (unpaired) electrons. The SMILES string of the molecule is NC(=S)c1cn[nH]c1NC(=O)c1ccc(F)c(Br)c1. The summed E-state index contributed by atoms with van der Waals surface area (Å²) in [5.74, 6) is -0.567. The fraction of sp³-hybridized carbons (Fsp3) is 0. The van der Waals surface area contributed by atoms with E-state index in [0.717, 1.165) is 0 Å². The minimum absolute atomic E-state index is 0.115. The van der Waals surface area contributed by atoms with Gasteiger partial charge in [0.25, 0.3) is 5.91 Å². The van der Waals surface area contributed by atoms with Crippen LogP contribution in [0.1, 0.15) is 15.9 Å². The Kier molecular flexibility index (Phi) is 3.91. The third-order valence-electron chi connectivity index (χ3n) is 2.33. The number of carbonyl (C=O) groups is 1. The van der Waals surface area contributed by atoms with E-state index in [1.54, 1.807) is 0 Å². The van der Waals surface area contributed by atoms with Gasteiger partial charge < -0.3 is 11.1 Å². The van der Waals surface area contributed by atoms with Gasteiger partial charge in [-0.15, -0.1) is 0 Å². The number of aromatic amines is 1. The quantitative estimate of drug-likeness (QED) is 0.746. The first-order valence-electron chi connectivity index (χ1n) is 5.08. The molecule has 4 N–H and O–H groups in total. The van der Waals surface area contributed by atoms with Gasteiger partial charge in [0.05, 0.1) is 16.2 Å². The van der Waals surface area contributed by atoms with Gasteiger partial charge in [0, 0.05) is 5.56 Å². The number of thiocarbonyl (C=S) groups is 1. The maximum absolute atomic E-state index is 13.1. The molecular formula is C11H8BrFN4OS. The molecule has 1 aromatic heterocycles. The van der Waals surface area contributed by atoms with Crippen molar-refractivity contribution in [2.75, 3.05) is 5.32 Å². The average molecular weight is 343 g/mol. The number of nitrogens with two attached hydrogens (primary N) is 1. The average Bonchev–Trinajstić information content (AvgIpc) is 2.80. The number of benzene rings is 1. The van der Waals surface area contributed by atoms with Gasteiger partial charge in [0.1, 0.15) is 16.6 Å². The van der Waals surface area contributed by atoms with Crippen molar-refractivity contribution in [2.45, 2.75) is 0 Å². The fourth-order valence-electron chi connectivity index (χ4n) is 1.39. The summed E-state index contributed by atoms with van der Waals surface area (Å²) in [6, 6.07) is 3.94. The molecule has 0 saturated carbocycles. The molecule has 19 heavy (non-hydrogen) atoms. The molecule has 0 bridgehead atoms. The van der Waals surface area contributed by atoms with Crippen LogP contribution in [-0.4, -0.2) is 21.1 Å². The first-order chi connectivity index (χ1) is 8.99. The number of amides is 1. The topological polar surface area (TPSA) is 83.8 Å². The second-order valence-electron chi connectivity index (χ2n) is 3.61. The molecule has 0 fully saturated rings. The van der Waals surface area contributed by atoms with Crippen molar-refractivity contribution in [2.24, 2.45) is 5.73 Å². The Hall–Kier alpha value is -1.80. The Balaban J connectivity index is 2.23. The predicted octanol–water partition coefficient (Wildman–Crippen LogP) is 2.20. The smallest absolute Gasteiger partial charge is 0.256 e. The molecule has 0 spiro atoms. The molecule has 0 aliphatic rings. The third-order valence-corrected chi connectivity index (χ3v) is 3.15. The van der Waals surface area contributed by atoms with E-state index in [9.17, 15) is 9.18 Å². The Labute approximate surface area is 121 Å². The fourth-order valence-corrected chi connectivity index (χ4v) is 1.92. The number of rotatable bonds is 3. The van der Waals surface area contributed by atoms with Crippen molar-refractivity contribution >= 4 is 44.9 Å². The minimum Gasteiger partial charge on any atom is -0.389 e. The number of aromatic nitrogens is 2. The van der Waals surface area contributed by atoms with Crippen LogP contribution < -0.4 is 11.1 Å². The number of nitrogens with zero attached hydrogens (tertiary/aromatic N) is 1. The Morgan fingerprint density at radius 2 is 2.26 bits per heavy atom. The van der Waals surface area contributed by atoms with Gasteiger partial charge in [-0.1, -0.05) is 12.2 Å². The van der Waals surface area contributed by atoms with Crippen molar-refractivity contribution in [3.63, 3.8) is 0 Å². The monoisotopic (exact) mass is 342 g/mol. The molecule has 0 aliphatic carbocycles. The van der Waals surface area contributed by atoms with E-state index in [0.29, 0.717) is 11.4 Å². The number of nitrogens with one attached hydrogen (secondary N) is 2. The number of hydrogen-bond donors (Lipinski definition) is 3. The molecule has 2 aromatic rings. The van der Waals surface area contributed by atoms with E-state index in [-0.39, 0.29) is 15.0 Å². The highest BCUT2D eigenvalue weighted by atomic mass is 79.9. The molecule has 8 heteroatoms. The molecule has 0 aliphatic heterocycles. The molecule has 1 amide bonds. The lowest BCUT2D eigenvalue weighted by Gasteiger charge is -2.05. The van der Waals surface area contributed by atoms with Gasteiger partial charge in [0.15, 0.2) is 0 Å². The van der Waals surface area contributed by atoms with Gasteiger partial charge in [-0.2, -0.15) is 5.10 Å². The van der Waals surface area contributed by atoms with Gasteiger partial charge in [0.2, 0.25) is 0 Å². The zero-order valence-corrected chi connectivity index (χ0v) is 11.8. The van der Waals surface area contributed by atoms with Crippen LogP contribution in [0.2, 0.25) is 0 Å². The highest BCUT2D eigenvalue weighted by Crippen LogP contribution is 2.18. The number of anilines is 1. The first kappa shape index (κ1) is 13.6.